The molecule has 0 atom stereocenters. The van der Waals surface area contributed by atoms with Gasteiger partial charge in [0.15, 0.2) is 11.5 Å². The van der Waals surface area contributed by atoms with Crippen LogP contribution < -0.4 is 20.9 Å². The van der Waals surface area contributed by atoms with Crippen LogP contribution in [-0.4, -0.2) is 27.2 Å². The molecule has 4 rings (SSSR count). The van der Waals surface area contributed by atoms with E-state index in [4.69, 9.17) is 30.8 Å². The molecule has 33 heavy (non-hydrogen) atoms. The number of rotatable bonds is 3. The molecule has 0 saturated carbocycles. The molecule has 12 heteroatoms. The Balaban J connectivity index is 0.000000383. The van der Waals surface area contributed by atoms with E-state index < -0.39 is 12.1 Å². The van der Waals surface area contributed by atoms with E-state index in [1.807, 2.05) is 36.4 Å². The minimum absolute atomic E-state index is 0.0578. The average Bonchev–Trinajstić information content (AvgIpc) is 2.77. The third-order valence-electron chi connectivity index (χ3n) is 4.46. The van der Waals surface area contributed by atoms with Crippen molar-refractivity contribution in [2.75, 3.05) is 11.5 Å². The number of nitriles is 1. The first-order chi connectivity index (χ1) is 15.6. The van der Waals surface area contributed by atoms with Crippen molar-refractivity contribution in [3.63, 3.8) is 0 Å². The standard InChI is InChI=1S/C19H15N5O2.C2HF3O2/c20-9-14-16(21)13-8-12-2-1-3-15(17(12)26-19(13)24-18(14)22)25-10-11-4-6-23-7-5-11;3-2(4,5)1(6)7/h1-7H,8,10H2,(H4,21,22,24);(H,6,7). The van der Waals surface area contributed by atoms with E-state index in [1.165, 1.54) is 0 Å². The van der Waals surface area contributed by atoms with E-state index in [2.05, 4.69) is 9.97 Å². The van der Waals surface area contributed by atoms with Gasteiger partial charge in [-0.15, -0.1) is 0 Å². The van der Waals surface area contributed by atoms with Crippen LogP contribution >= 0.6 is 0 Å². The van der Waals surface area contributed by atoms with Crippen molar-refractivity contribution >= 4 is 17.5 Å². The van der Waals surface area contributed by atoms with Gasteiger partial charge in [-0.25, -0.2) is 4.79 Å². The predicted molar refractivity (Wildman–Crippen MR) is 109 cm³/mol. The van der Waals surface area contributed by atoms with Crippen LogP contribution in [0.15, 0.2) is 42.7 Å². The largest absolute Gasteiger partial charge is 0.490 e. The molecule has 1 aliphatic heterocycles. The summed E-state index contributed by atoms with van der Waals surface area (Å²) >= 11 is 0. The molecular formula is C21H16F3N5O4. The second-order valence-corrected chi connectivity index (χ2v) is 6.65. The number of anilines is 2. The lowest BCUT2D eigenvalue weighted by molar-refractivity contribution is -0.192. The Bertz CT molecular complexity index is 1230. The second-order valence-electron chi connectivity index (χ2n) is 6.65. The third kappa shape index (κ3) is 5.21. The van der Waals surface area contributed by atoms with Crippen LogP contribution in [0.4, 0.5) is 24.7 Å². The van der Waals surface area contributed by atoms with E-state index in [1.54, 1.807) is 12.4 Å². The first-order valence-corrected chi connectivity index (χ1v) is 9.21. The Morgan fingerprint density at radius 2 is 1.91 bits per heavy atom. The Hall–Kier alpha value is -4.53. The SMILES string of the molecule is N#Cc1c(N)nc2c(c1N)Cc1cccc(OCc3ccncc3)c1O2.O=C(O)C(F)(F)F. The van der Waals surface area contributed by atoms with Gasteiger partial charge in [0.2, 0.25) is 5.88 Å². The highest BCUT2D eigenvalue weighted by Crippen LogP contribution is 2.44. The van der Waals surface area contributed by atoms with Crippen LogP contribution in [0.1, 0.15) is 22.3 Å². The quantitative estimate of drug-likeness (QED) is 0.417. The normalized spacial score (nSPS) is 11.6. The number of ether oxygens (including phenoxy) is 2. The van der Waals surface area contributed by atoms with Gasteiger partial charge >= 0.3 is 12.1 Å². The number of hydrogen-bond donors (Lipinski definition) is 3. The molecule has 0 amide bonds. The van der Waals surface area contributed by atoms with Crippen molar-refractivity contribution in [3.05, 3.63) is 65.0 Å². The number of alkyl halides is 3. The number of aromatic nitrogens is 2. The molecule has 3 heterocycles. The highest BCUT2D eigenvalue weighted by Gasteiger charge is 2.38. The molecule has 0 unspecified atom stereocenters. The lowest BCUT2D eigenvalue weighted by Crippen LogP contribution is -2.21. The molecule has 2 aromatic heterocycles. The zero-order valence-electron chi connectivity index (χ0n) is 16.8. The maximum atomic E-state index is 10.6. The van der Waals surface area contributed by atoms with Crippen LogP contribution in [0.3, 0.4) is 0 Å². The van der Waals surface area contributed by atoms with Gasteiger partial charge in [-0.05, 0) is 23.8 Å². The highest BCUT2D eigenvalue weighted by atomic mass is 19.4. The van der Waals surface area contributed by atoms with E-state index in [-0.39, 0.29) is 11.4 Å². The summed E-state index contributed by atoms with van der Waals surface area (Å²) in [7, 11) is 0. The van der Waals surface area contributed by atoms with E-state index in [9.17, 15) is 18.4 Å². The van der Waals surface area contributed by atoms with Crippen molar-refractivity contribution in [2.24, 2.45) is 0 Å². The summed E-state index contributed by atoms with van der Waals surface area (Å²) in [4.78, 5) is 17.1. The van der Waals surface area contributed by atoms with Crippen LogP contribution in [0, 0.1) is 11.3 Å². The van der Waals surface area contributed by atoms with Crippen molar-refractivity contribution in [1.29, 1.82) is 5.26 Å². The molecule has 3 aromatic rings. The number of nitrogen functional groups attached to an aromatic ring is 2. The molecule has 0 aliphatic carbocycles. The summed E-state index contributed by atoms with van der Waals surface area (Å²) in [6.07, 6.45) is -1.16. The summed E-state index contributed by atoms with van der Waals surface area (Å²) in [6.45, 7) is 0.389. The van der Waals surface area contributed by atoms with Gasteiger partial charge < -0.3 is 26.0 Å². The van der Waals surface area contributed by atoms with E-state index >= 15 is 0 Å². The summed E-state index contributed by atoms with van der Waals surface area (Å²) in [5, 5.41) is 16.3. The number of nitrogens with two attached hydrogens (primary N) is 2. The number of benzene rings is 1. The highest BCUT2D eigenvalue weighted by molar-refractivity contribution is 5.73. The first kappa shape index (κ1) is 23.1. The zero-order valence-corrected chi connectivity index (χ0v) is 16.8. The molecule has 9 nitrogen and oxygen atoms in total. The number of carbonyl (C=O) groups is 1. The lowest BCUT2D eigenvalue weighted by atomic mass is 9.99. The van der Waals surface area contributed by atoms with Gasteiger partial charge in [0.25, 0.3) is 0 Å². The number of carboxylic acids is 1. The number of halogens is 3. The fourth-order valence-corrected chi connectivity index (χ4v) is 2.87. The molecule has 1 aliphatic rings. The van der Waals surface area contributed by atoms with Crippen molar-refractivity contribution in [3.8, 4) is 23.4 Å². The Kier molecular flexibility index (Phi) is 6.53. The topological polar surface area (TPSA) is 157 Å². The fraction of sp³-hybridized carbons (Fsp3) is 0.143. The fourth-order valence-electron chi connectivity index (χ4n) is 2.87. The Labute approximate surface area is 185 Å². The molecule has 0 saturated heterocycles. The van der Waals surface area contributed by atoms with Gasteiger partial charge in [0, 0.05) is 29.9 Å². The Morgan fingerprint density at radius 3 is 2.52 bits per heavy atom. The van der Waals surface area contributed by atoms with Crippen molar-refractivity contribution < 1.29 is 32.5 Å². The monoisotopic (exact) mass is 459 g/mol. The number of fused-ring (bicyclic) bond motifs is 2. The number of hydrogen-bond acceptors (Lipinski definition) is 8. The number of nitrogens with zero attached hydrogens (tertiary/aromatic N) is 3. The summed E-state index contributed by atoms with van der Waals surface area (Å²) in [5.74, 6) is -1.19. The number of para-hydroxylation sites is 1. The number of pyridine rings is 2. The van der Waals surface area contributed by atoms with Crippen LogP contribution in [0.2, 0.25) is 0 Å². The Morgan fingerprint density at radius 1 is 1.24 bits per heavy atom. The maximum absolute atomic E-state index is 10.6. The van der Waals surface area contributed by atoms with E-state index in [0.29, 0.717) is 41.7 Å². The average molecular weight is 459 g/mol. The summed E-state index contributed by atoms with van der Waals surface area (Å²) in [5.41, 5.74) is 15.0. The molecule has 170 valence electrons. The molecule has 1 aromatic carbocycles. The molecule has 0 fully saturated rings. The van der Waals surface area contributed by atoms with Gasteiger partial charge in [0.1, 0.15) is 24.1 Å². The smallest absolute Gasteiger partial charge is 0.485 e. The molecular weight excluding hydrogens is 443 g/mol. The minimum atomic E-state index is -5.08. The van der Waals surface area contributed by atoms with Crippen LogP contribution in [0.5, 0.6) is 17.4 Å². The molecule has 0 spiro atoms. The van der Waals surface area contributed by atoms with Crippen LogP contribution in [-0.2, 0) is 17.8 Å². The first-order valence-electron chi connectivity index (χ1n) is 9.21. The lowest BCUT2D eigenvalue weighted by Gasteiger charge is -2.23. The second kappa shape index (κ2) is 9.31. The molecule has 0 radical (unpaired) electrons. The minimum Gasteiger partial charge on any atom is -0.485 e. The third-order valence-corrected chi connectivity index (χ3v) is 4.46. The van der Waals surface area contributed by atoms with Gasteiger partial charge in [-0.2, -0.15) is 23.4 Å². The van der Waals surface area contributed by atoms with Crippen LogP contribution in [0.25, 0.3) is 0 Å². The summed E-state index contributed by atoms with van der Waals surface area (Å²) in [6, 6.07) is 11.4. The maximum Gasteiger partial charge on any atom is 0.490 e. The predicted octanol–water partition coefficient (Wildman–Crippen LogP) is 3.42. The van der Waals surface area contributed by atoms with Crippen molar-refractivity contribution in [2.45, 2.75) is 19.2 Å². The van der Waals surface area contributed by atoms with Crippen molar-refractivity contribution in [1.82, 2.24) is 9.97 Å². The van der Waals surface area contributed by atoms with Gasteiger partial charge in [-0.3, -0.25) is 4.98 Å². The van der Waals surface area contributed by atoms with Gasteiger partial charge in [-0.1, -0.05) is 12.1 Å². The van der Waals surface area contributed by atoms with E-state index in [0.717, 1.165) is 11.1 Å². The summed E-state index contributed by atoms with van der Waals surface area (Å²) < 4.78 is 43.6. The van der Waals surface area contributed by atoms with Gasteiger partial charge in [0.05, 0.1) is 5.69 Å². The zero-order chi connectivity index (χ0) is 24.2. The molecule has 0 bridgehead atoms. The number of aliphatic carboxylic acids is 1. The number of carboxylic acid groups (broad SMARTS) is 1. The molecule has 5 N–H and O–H groups in total.